The van der Waals surface area contributed by atoms with Gasteiger partial charge in [0.2, 0.25) is 0 Å². The molecule has 114 valence electrons. The third-order valence-corrected chi connectivity index (χ3v) is 3.79. The molecule has 0 aliphatic carbocycles. The zero-order chi connectivity index (χ0) is 15.6. The van der Waals surface area contributed by atoms with E-state index < -0.39 is 24.0 Å². The van der Waals surface area contributed by atoms with Gasteiger partial charge in [0.05, 0.1) is 6.10 Å². The highest BCUT2D eigenvalue weighted by atomic mass is 16.5. The monoisotopic (exact) mass is 293 g/mol. The number of carboxylic acids is 1. The van der Waals surface area contributed by atoms with E-state index in [1.807, 2.05) is 26.0 Å². The van der Waals surface area contributed by atoms with Gasteiger partial charge in [0.1, 0.15) is 11.8 Å². The number of likely N-dealkylation sites (tertiary alicyclic amines) is 1. The maximum Gasteiger partial charge on any atom is 0.326 e. The van der Waals surface area contributed by atoms with E-state index in [0.717, 1.165) is 16.0 Å². The molecule has 1 aromatic rings. The minimum atomic E-state index is -1.10. The van der Waals surface area contributed by atoms with Crippen molar-refractivity contribution in [3.8, 4) is 5.75 Å². The fourth-order valence-electron chi connectivity index (χ4n) is 2.43. The summed E-state index contributed by atoms with van der Waals surface area (Å²) in [7, 11) is 0. The number of aliphatic hydroxyl groups excluding tert-OH is 1. The Kier molecular flexibility index (Phi) is 4.47. The highest BCUT2D eigenvalue weighted by molar-refractivity contribution is 5.85. The van der Waals surface area contributed by atoms with Crippen molar-refractivity contribution in [2.24, 2.45) is 0 Å². The average molecular weight is 293 g/mol. The number of aryl methyl sites for hydroxylation is 1. The zero-order valence-electron chi connectivity index (χ0n) is 12.1. The molecule has 0 radical (unpaired) electrons. The maximum absolute atomic E-state index is 12.1. The summed E-state index contributed by atoms with van der Waals surface area (Å²) in [6, 6.07) is 4.57. The van der Waals surface area contributed by atoms with Crippen LogP contribution in [0.3, 0.4) is 0 Å². The van der Waals surface area contributed by atoms with Gasteiger partial charge in [-0.05, 0) is 31.0 Å². The molecule has 21 heavy (non-hydrogen) atoms. The number of aliphatic hydroxyl groups is 1. The van der Waals surface area contributed by atoms with Crippen molar-refractivity contribution in [2.75, 3.05) is 13.2 Å². The van der Waals surface area contributed by atoms with Crippen LogP contribution >= 0.6 is 0 Å². The molecule has 0 bridgehead atoms. The Hall–Kier alpha value is -2.08. The van der Waals surface area contributed by atoms with Crippen molar-refractivity contribution < 1.29 is 24.5 Å². The van der Waals surface area contributed by atoms with E-state index >= 15 is 0 Å². The third-order valence-electron chi connectivity index (χ3n) is 3.79. The Morgan fingerprint density at radius 1 is 1.38 bits per heavy atom. The SMILES string of the molecule is Cc1cccc(OCC(=O)N2C[C@H](O)C[C@@H]2C(=O)O)c1C. The predicted octanol–water partition coefficient (Wildman–Crippen LogP) is 0.729. The molecular weight excluding hydrogens is 274 g/mol. The van der Waals surface area contributed by atoms with E-state index in [-0.39, 0.29) is 19.6 Å². The van der Waals surface area contributed by atoms with Gasteiger partial charge in [-0.2, -0.15) is 0 Å². The second-order valence-corrected chi connectivity index (χ2v) is 5.28. The fourth-order valence-corrected chi connectivity index (χ4v) is 2.43. The first-order valence-electron chi connectivity index (χ1n) is 6.79. The number of carbonyl (C=O) groups excluding carboxylic acids is 1. The van der Waals surface area contributed by atoms with Crippen LogP contribution in [0.4, 0.5) is 0 Å². The summed E-state index contributed by atoms with van der Waals surface area (Å²) >= 11 is 0. The number of hydrogen-bond donors (Lipinski definition) is 2. The fraction of sp³-hybridized carbons (Fsp3) is 0.467. The molecule has 1 aromatic carbocycles. The Balaban J connectivity index is 2.01. The molecule has 6 nitrogen and oxygen atoms in total. The summed E-state index contributed by atoms with van der Waals surface area (Å²) in [5.41, 5.74) is 2.00. The molecule has 6 heteroatoms. The van der Waals surface area contributed by atoms with E-state index in [2.05, 4.69) is 0 Å². The summed E-state index contributed by atoms with van der Waals surface area (Å²) in [5, 5.41) is 18.6. The van der Waals surface area contributed by atoms with Gasteiger partial charge in [0.15, 0.2) is 6.61 Å². The Morgan fingerprint density at radius 2 is 2.10 bits per heavy atom. The van der Waals surface area contributed by atoms with Crippen LogP contribution in [0.5, 0.6) is 5.75 Å². The Labute approximate surface area is 122 Å². The van der Waals surface area contributed by atoms with Crippen LogP contribution in [0.2, 0.25) is 0 Å². The van der Waals surface area contributed by atoms with Crippen molar-refractivity contribution in [1.82, 2.24) is 4.90 Å². The summed E-state index contributed by atoms with van der Waals surface area (Å²) in [5.74, 6) is -0.929. The van der Waals surface area contributed by atoms with Crippen molar-refractivity contribution in [1.29, 1.82) is 0 Å². The van der Waals surface area contributed by atoms with Crippen LogP contribution in [0.1, 0.15) is 17.5 Å². The molecule has 2 N–H and O–H groups in total. The lowest BCUT2D eigenvalue weighted by molar-refractivity contribution is -0.149. The number of nitrogens with zero attached hydrogens (tertiary/aromatic N) is 1. The Bertz CT molecular complexity index is 557. The van der Waals surface area contributed by atoms with Crippen LogP contribution in [0, 0.1) is 13.8 Å². The lowest BCUT2D eigenvalue weighted by Crippen LogP contribution is -2.43. The number of hydrogen-bond acceptors (Lipinski definition) is 4. The average Bonchev–Trinajstić information content (AvgIpc) is 2.82. The van der Waals surface area contributed by atoms with Crippen molar-refractivity contribution in [3.05, 3.63) is 29.3 Å². The molecule has 1 amide bonds. The quantitative estimate of drug-likeness (QED) is 0.854. The molecule has 0 aromatic heterocycles. The van der Waals surface area contributed by atoms with Gasteiger partial charge in [-0.15, -0.1) is 0 Å². The molecule has 0 saturated carbocycles. The van der Waals surface area contributed by atoms with Gasteiger partial charge in [-0.1, -0.05) is 12.1 Å². The number of β-amino-alcohol motifs (C(OH)–C–C–N with tert-alkyl or cyclic N) is 1. The molecule has 2 rings (SSSR count). The first-order valence-corrected chi connectivity index (χ1v) is 6.79. The lowest BCUT2D eigenvalue weighted by atomic mass is 10.1. The Morgan fingerprint density at radius 3 is 2.76 bits per heavy atom. The van der Waals surface area contributed by atoms with Crippen molar-refractivity contribution in [2.45, 2.75) is 32.4 Å². The highest BCUT2D eigenvalue weighted by Gasteiger charge is 2.38. The number of carboxylic acid groups (broad SMARTS) is 1. The standard InChI is InChI=1S/C15H19NO5/c1-9-4-3-5-13(10(9)2)21-8-14(18)16-7-11(17)6-12(16)15(19)20/h3-5,11-12,17H,6-8H2,1-2H3,(H,19,20)/t11-,12-/m1/s1. The van der Waals surface area contributed by atoms with Crippen molar-refractivity contribution >= 4 is 11.9 Å². The van der Waals surface area contributed by atoms with Crippen LogP contribution in [-0.4, -0.2) is 52.3 Å². The second kappa shape index (κ2) is 6.13. The number of benzene rings is 1. The zero-order valence-corrected chi connectivity index (χ0v) is 12.1. The molecule has 1 fully saturated rings. The summed E-state index contributed by atoms with van der Waals surface area (Å²) in [6.45, 7) is 3.64. The molecule has 0 unspecified atom stereocenters. The van der Waals surface area contributed by atoms with E-state index in [0.29, 0.717) is 5.75 Å². The maximum atomic E-state index is 12.1. The molecule has 1 saturated heterocycles. The third kappa shape index (κ3) is 3.33. The molecule has 1 heterocycles. The van der Waals surface area contributed by atoms with Crippen LogP contribution in [-0.2, 0) is 9.59 Å². The molecule has 1 aliphatic heterocycles. The second-order valence-electron chi connectivity index (χ2n) is 5.28. The summed E-state index contributed by atoms with van der Waals surface area (Å²) in [4.78, 5) is 24.4. The largest absolute Gasteiger partial charge is 0.483 e. The van der Waals surface area contributed by atoms with Gasteiger partial charge in [-0.25, -0.2) is 4.79 Å². The number of rotatable bonds is 4. The minimum absolute atomic E-state index is 0.0337. The first-order chi connectivity index (χ1) is 9.90. The van der Waals surface area contributed by atoms with Gasteiger partial charge in [0.25, 0.3) is 5.91 Å². The van der Waals surface area contributed by atoms with E-state index in [1.54, 1.807) is 6.07 Å². The van der Waals surface area contributed by atoms with Gasteiger partial charge in [-0.3, -0.25) is 4.79 Å². The highest BCUT2D eigenvalue weighted by Crippen LogP contribution is 2.22. The normalized spacial score (nSPS) is 21.4. The van der Waals surface area contributed by atoms with Crippen LogP contribution in [0.15, 0.2) is 18.2 Å². The molecule has 1 aliphatic rings. The molecular formula is C15H19NO5. The van der Waals surface area contributed by atoms with E-state index in [4.69, 9.17) is 9.84 Å². The molecule has 2 atom stereocenters. The van der Waals surface area contributed by atoms with Gasteiger partial charge in [0, 0.05) is 13.0 Å². The summed E-state index contributed by atoms with van der Waals surface area (Å²) in [6.07, 6.45) is -0.736. The summed E-state index contributed by atoms with van der Waals surface area (Å²) < 4.78 is 5.49. The van der Waals surface area contributed by atoms with E-state index in [9.17, 15) is 14.7 Å². The number of amides is 1. The smallest absolute Gasteiger partial charge is 0.326 e. The molecule has 0 spiro atoms. The topological polar surface area (TPSA) is 87.1 Å². The van der Waals surface area contributed by atoms with E-state index in [1.165, 1.54) is 0 Å². The van der Waals surface area contributed by atoms with Crippen LogP contribution < -0.4 is 4.74 Å². The van der Waals surface area contributed by atoms with Gasteiger partial charge >= 0.3 is 5.97 Å². The number of carbonyl (C=O) groups is 2. The minimum Gasteiger partial charge on any atom is -0.483 e. The number of ether oxygens (including phenoxy) is 1. The van der Waals surface area contributed by atoms with Crippen LogP contribution in [0.25, 0.3) is 0 Å². The predicted molar refractivity (Wildman–Crippen MR) is 75.2 cm³/mol. The first kappa shape index (κ1) is 15.3. The van der Waals surface area contributed by atoms with Crippen molar-refractivity contribution in [3.63, 3.8) is 0 Å². The van der Waals surface area contributed by atoms with Gasteiger partial charge < -0.3 is 19.8 Å². The lowest BCUT2D eigenvalue weighted by Gasteiger charge is -2.21. The number of aliphatic carboxylic acids is 1.